The molecule has 24 heavy (non-hydrogen) atoms. The Balaban J connectivity index is 1.40. The number of hydrogen-bond donors (Lipinski definition) is 0. The molecule has 2 aliphatic rings. The molecule has 1 aliphatic carbocycles. The van der Waals surface area contributed by atoms with Crippen LogP contribution in [-0.2, 0) is 6.42 Å². The zero-order chi connectivity index (χ0) is 16.5. The largest absolute Gasteiger partial charge is 0.336 e. The van der Waals surface area contributed by atoms with Gasteiger partial charge in [0.1, 0.15) is 5.82 Å². The molecule has 1 fully saturated rings. The second-order valence-electron chi connectivity index (χ2n) is 6.59. The van der Waals surface area contributed by atoms with E-state index >= 15 is 0 Å². The molecule has 0 aromatic heterocycles. The van der Waals surface area contributed by atoms with E-state index in [0.29, 0.717) is 11.6 Å². The molecule has 4 rings (SSSR count). The fraction of sp³-hybridized carbons (Fsp3) is 0.350. The first-order valence-corrected chi connectivity index (χ1v) is 8.59. The lowest BCUT2D eigenvalue weighted by atomic mass is 10.1. The molecule has 124 valence electrons. The summed E-state index contributed by atoms with van der Waals surface area (Å²) in [5.74, 6) is -0.308. The van der Waals surface area contributed by atoms with Crippen LogP contribution in [0.25, 0.3) is 0 Å². The number of nitrogens with zero attached hydrogens (tertiary/aromatic N) is 2. The lowest BCUT2D eigenvalue weighted by Crippen LogP contribution is -2.49. The van der Waals surface area contributed by atoms with Crippen molar-refractivity contribution in [3.63, 3.8) is 0 Å². The highest BCUT2D eigenvalue weighted by Crippen LogP contribution is 2.35. The molecular weight excluding hydrogens is 303 g/mol. The van der Waals surface area contributed by atoms with Gasteiger partial charge in [0.15, 0.2) is 0 Å². The lowest BCUT2D eigenvalue weighted by Gasteiger charge is -2.38. The molecule has 0 radical (unpaired) electrons. The number of amides is 1. The summed E-state index contributed by atoms with van der Waals surface area (Å²) in [6.07, 6.45) is 2.32. The van der Waals surface area contributed by atoms with E-state index in [1.54, 1.807) is 12.1 Å². The minimum atomic E-state index is -0.309. The number of benzene rings is 2. The molecule has 0 bridgehead atoms. The van der Waals surface area contributed by atoms with Crippen LogP contribution in [0.4, 0.5) is 4.39 Å². The summed E-state index contributed by atoms with van der Waals surface area (Å²) in [6, 6.07) is 15.0. The van der Waals surface area contributed by atoms with Crippen molar-refractivity contribution in [2.45, 2.75) is 18.9 Å². The Hall–Kier alpha value is -2.20. The van der Waals surface area contributed by atoms with E-state index < -0.39 is 0 Å². The normalized spacial score (nSPS) is 20.9. The number of aryl methyl sites for hydroxylation is 1. The zero-order valence-electron chi connectivity index (χ0n) is 13.6. The van der Waals surface area contributed by atoms with Crippen molar-refractivity contribution in [2.75, 3.05) is 26.2 Å². The van der Waals surface area contributed by atoms with Crippen LogP contribution in [0.2, 0.25) is 0 Å². The van der Waals surface area contributed by atoms with Gasteiger partial charge in [-0.15, -0.1) is 0 Å². The van der Waals surface area contributed by atoms with Crippen molar-refractivity contribution in [3.8, 4) is 0 Å². The quantitative estimate of drug-likeness (QED) is 0.846. The van der Waals surface area contributed by atoms with E-state index in [1.807, 2.05) is 4.90 Å². The maximum absolute atomic E-state index is 13.0. The standard InChI is InChI=1S/C20H21FN2O/c21-17-8-5-16(6-9-17)20(24)23-13-11-22(12-14-23)19-10-7-15-3-1-2-4-18(15)19/h1-6,8-9,19H,7,10-14H2. The van der Waals surface area contributed by atoms with Crippen LogP contribution < -0.4 is 0 Å². The van der Waals surface area contributed by atoms with Gasteiger partial charge in [0, 0.05) is 37.8 Å². The average Bonchev–Trinajstić information content (AvgIpc) is 3.06. The summed E-state index contributed by atoms with van der Waals surface area (Å²) in [4.78, 5) is 16.9. The highest BCUT2D eigenvalue weighted by Gasteiger charge is 2.31. The molecule has 1 atom stereocenters. The van der Waals surface area contributed by atoms with Gasteiger partial charge in [-0.2, -0.15) is 0 Å². The molecule has 1 heterocycles. The SMILES string of the molecule is O=C(c1ccc(F)cc1)N1CCN(C2CCc3ccccc32)CC1. The molecule has 0 saturated carbocycles. The maximum Gasteiger partial charge on any atom is 0.253 e. The molecule has 1 aliphatic heterocycles. The number of halogens is 1. The Morgan fingerprint density at radius 1 is 0.958 bits per heavy atom. The van der Waals surface area contributed by atoms with Crippen molar-refractivity contribution in [1.82, 2.24) is 9.80 Å². The Labute approximate surface area is 141 Å². The number of carbonyl (C=O) groups excluding carboxylic acids is 1. The van der Waals surface area contributed by atoms with Gasteiger partial charge in [0.2, 0.25) is 0 Å². The maximum atomic E-state index is 13.0. The summed E-state index contributed by atoms with van der Waals surface area (Å²) in [5, 5.41) is 0. The van der Waals surface area contributed by atoms with Gasteiger partial charge in [-0.05, 0) is 48.2 Å². The molecule has 2 aromatic rings. The van der Waals surface area contributed by atoms with Crippen LogP contribution in [0.1, 0.15) is 33.9 Å². The summed E-state index contributed by atoms with van der Waals surface area (Å²) in [5.41, 5.74) is 3.49. The highest BCUT2D eigenvalue weighted by atomic mass is 19.1. The molecule has 1 unspecified atom stereocenters. The smallest absolute Gasteiger partial charge is 0.253 e. The number of carbonyl (C=O) groups is 1. The molecule has 2 aromatic carbocycles. The first-order chi connectivity index (χ1) is 11.7. The minimum Gasteiger partial charge on any atom is -0.336 e. The van der Waals surface area contributed by atoms with Gasteiger partial charge in [0.05, 0.1) is 0 Å². The van der Waals surface area contributed by atoms with Crippen molar-refractivity contribution in [3.05, 3.63) is 71.0 Å². The third kappa shape index (κ3) is 2.82. The van der Waals surface area contributed by atoms with Crippen molar-refractivity contribution in [2.24, 2.45) is 0 Å². The Kier molecular flexibility index (Phi) is 4.07. The predicted octanol–water partition coefficient (Wildman–Crippen LogP) is 3.27. The summed E-state index contributed by atoms with van der Waals surface area (Å²) in [7, 11) is 0. The van der Waals surface area contributed by atoms with E-state index in [9.17, 15) is 9.18 Å². The summed E-state index contributed by atoms with van der Waals surface area (Å²) < 4.78 is 13.0. The number of piperazine rings is 1. The molecular formula is C20H21FN2O. The van der Waals surface area contributed by atoms with Crippen LogP contribution >= 0.6 is 0 Å². The van der Waals surface area contributed by atoms with E-state index in [1.165, 1.54) is 29.7 Å². The molecule has 4 heteroatoms. The fourth-order valence-corrected chi connectivity index (χ4v) is 3.93. The first kappa shape index (κ1) is 15.3. The number of fused-ring (bicyclic) bond motifs is 1. The van der Waals surface area contributed by atoms with Crippen LogP contribution in [0.3, 0.4) is 0 Å². The summed E-state index contributed by atoms with van der Waals surface area (Å²) in [6.45, 7) is 3.25. The van der Waals surface area contributed by atoms with Gasteiger partial charge in [0.25, 0.3) is 5.91 Å². The van der Waals surface area contributed by atoms with Crippen molar-refractivity contribution >= 4 is 5.91 Å². The van der Waals surface area contributed by atoms with Gasteiger partial charge < -0.3 is 4.90 Å². The van der Waals surface area contributed by atoms with E-state index in [0.717, 1.165) is 32.6 Å². The van der Waals surface area contributed by atoms with Crippen LogP contribution in [0.5, 0.6) is 0 Å². The molecule has 0 N–H and O–H groups in total. The van der Waals surface area contributed by atoms with E-state index in [2.05, 4.69) is 29.2 Å². The molecule has 3 nitrogen and oxygen atoms in total. The Morgan fingerprint density at radius 2 is 1.67 bits per heavy atom. The van der Waals surface area contributed by atoms with Gasteiger partial charge in [-0.3, -0.25) is 9.69 Å². The number of rotatable bonds is 2. The molecule has 1 saturated heterocycles. The minimum absolute atomic E-state index is 0.00136. The monoisotopic (exact) mass is 324 g/mol. The first-order valence-electron chi connectivity index (χ1n) is 8.59. The van der Waals surface area contributed by atoms with Crippen molar-refractivity contribution in [1.29, 1.82) is 0 Å². The van der Waals surface area contributed by atoms with Crippen LogP contribution in [0.15, 0.2) is 48.5 Å². The van der Waals surface area contributed by atoms with Gasteiger partial charge in [-0.25, -0.2) is 4.39 Å². The second kappa shape index (κ2) is 6.36. The lowest BCUT2D eigenvalue weighted by molar-refractivity contribution is 0.0568. The molecule has 0 spiro atoms. The summed E-state index contributed by atoms with van der Waals surface area (Å²) >= 11 is 0. The Morgan fingerprint density at radius 3 is 2.42 bits per heavy atom. The highest BCUT2D eigenvalue weighted by molar-refractivity contribution is 5.94. The average molecular weight is 324 g/mol. The van der Waals surface area contributed by atoms with E-state index in [-0.39, 0.29) is 11.7 Å². The van der Waals surface area contributed by atoms with Gasteiger partial charge >= 0.3 is 0 Å². The molecule has 1 amide bonds. The van der Waals surface area contributed by atoms with Crippen LogP contribution in [0, 0.1) is 5.82 Å². The third-order valence-electron chi connectivity index (χ3n) is 5.23. The predicted molar refractivity (Wildman–Crippen MR) is 91.4 cm³/mol. The fourth-order valence-electron chi connectivity index (χ4n) is 3.93. The number of hydrogen-bond acceptors (Lipinski definition) is 2. The second-order valence-corrected chi connectivity index (χ2v) is 6.59. The Bertz CT molecular complexity index is 736. The third-order valence-corrected chi connectivity index (χ3v) is 5.23. The zero-order valence-corrected chi connectivity index (χ0v) is 13.6. The topological polar surface area (TPSA) is 23.6 Å². The van der Waals surface area contributed by atoms with E-state index in [4.69, 9.17) is 0 Å². The van der Waals surface area contributed by atoms with Crippen molar-refractivity contribution < 1.29 is 9.18 Å². The van der Waals surface area contributed by atoms with Crippen LogP contribution in [-0.4, -0.2) is 41.9 Å². The van der Waals surface area contributed by atoms with Gasteiger partial charge in [-0.1, -0.05) is 24.3 Å².